The van der Waals surface area contributed by atoms with E-state index >= 15 is 0 Å². The summed E-state index contributed by atoms with van der Waals surface area (Å²) in [5.41, 5.74) is -0.0156. The second-order valence-corrected chi connectivity index (χ2v) is 6.76. The molecule has 0 saturated carbocycles. The largest absolute Gasteiger partial charge is 0.481 e. The highest BCUT2D eigenvalue weighted by atomic mass is 32.2. The van der Waals surface area contributed by atoms with Gasteiger partial charge in [-0.25, -0.2) is 13.2 Å². The molecule has 1 aromatic heterocycles. The lowest BCUT2D eigenvalue weighted by atomic mass is 9.99. The van der Waals surface area contributed by atoms with Crippen LogP contribution in [-0.2, 0) is 19.6 Å². The number of esters is 1. The first-order chi connectivity index (χ1) is 9.77. The fourth-order valence-corrected chi connectivity index (χ4v) is 3.73. The first kappa shape index (κ1) is 15.5. The van der Waals surface area contributed by atoms with Crippen LogP contribution in [0.15, 0.2) is 21.8 Å². The van der Waals surface area contributed by atoms with Gasteiger partial charge in [-0.3, -0.25) is 4.79 Å². The highest BCUT2D eigenvalue weighted by Crippen LogP contribution is 2.29. The molecule has 0 amide bonds. The van der Waals surface area contributed by atoms with Crippen LogP contribution in [0, 0.1) is 11.8 Å². The molecule has 1 aliphatic rings. The van der Waals surface area contributed by atoms with Crippen molar-refractivity contribution in [3.05, 3.63) is 17.9 Å². The summed E-state index contributed by atoms with van der Waals surface area (Å²) in [5, 5.41) is 8.64. The van der Waals surface area contributed by atoms with E-state index in [-0.39, 0.29) is 24.6 Å². The highest BCUT2D eigenvalue weighted by molar-refractivity contribution is 7.89. The first-order valence-electron chi connectivity index (χ1n) is 6.17. The number of furan rings is 1. The van der Waals surface area contributed by atoms with Gasteiger partial charge < -0.3 is 14.3 Å². The second kappa shape index (κ2) is 5.49. The van der Waals surface area contributed by atoms with Crippen molar-refractivity contribution in [2.45, 2.75) is 12.0 Å². The normalized spacial score (nSPS) is 23.1. The molecule has 8 nitrogen and oxygen atoms in total. The van der Waals surface area contributed by atoms with Gasteiger partial charge in [-0.15, -0.1) is 0 Å². The number of aliphatic carboxylic acids is 1. The van der Waals surface area contributed by atoms with Gasteiger partial charge in [-0.2, -0.15) is 4.31 Å². The fourth-order valence-electron chi connectivity index (χ4n) is 2.24. The standard InChI is InChI=1S/C12H15NO7S/c1-7-4-13(5-9(7)11(14)15)21(17,18)10-3-8(6-20-10)12(16)19-2/h3,6-7,9H,4-5H2,1-2H3,(H,14,15)/t7-,9-/m1/s1. The van der Waals surface area contributed by atoms with Crippen molar-refractivity contribution in [2.24, 2.45) is 11.8 Å². The molecule has 0 unspecified atom stereocenters. The summed E-state index contributed by atoms with van der Waals surface area (Å²) in [4.78, 5) is 22.3. The zero-order chi connectivity index (χ0) is 15.8. The van der Waals surface area contributed by atoms with Gasteiger partial charge in [0.15, 0.2) is 0 Å². The lowest BCUT2D eigenvalue weighted by Gasteiger charge is -2.13. The fraction of sp³-hybridized carbons (Fsp3) is 0.500. The Bertz CT molecular complexity index is 663. The Morgan fingerprint density at radius 3 is 2.62 bits per heavy atom. The molecule has 116 valence electrons. The molecule has 0 bridgehead atoms. The summed E-state index contributed by atoms with van der Waals surface area (Å²) in [5.74, 6) is -2.80. The molecule has 1 aromatic rings. The Labute approximate surface area is 121 Å². The lowest BCUT2D eigenvalue weighted by molar-refractivity contribution is -0.142. The number of nitrogens with zero attached hydrogens (tertiary/aromatic N) is 1. The van der Waals surface area contributed by atoms with Gasteiger partial charge in [-0.1, -0.05) is 6.92 Å². The van der Waals surface area contributed by atoms with Crippen LogP contribution in [0.5, 0.6) is 0 Å². The van der Waals surface area contributed by atoms with Crippen LogP contribution in [0.2, 0.25) is 0 Å². The molecular weight excluding hydrogens is 302 g/mol. The molecule has 0 aromatic carbocycles. The Morgan fingerprint density at radius 2 is 2.10 bits per heavy atom. The van der Waals surface area contributed by atoms with Crippen LogP contribution in [0.3, 0.4) is 0 Å². The molecule has 2 heterocycles. The van der Waals surface area contributed by atoms with Crippen molar-refractivity contribution in [3.63, 3.8) is 0 Å². The predicted molar refractivity (Wildman–Crippen MR) is 69.1 cm³/mol. The number of hydrogen-bond acceptors (Lipinski definition) is 6. The number of hydrogen-bond donors (Lipinski definition) is 1. The lowest BCUT2D eigenvalue weighted by Crippen LogP contribution is -2.29. The molecule has 1 N–H and O–H groups in total. The molecule has 0 radical (unpaired) electrons. The van der Waals surface area contributed by atoms with E-state index in [9.17, 15) is 18.0 Å². The SMILES string of the molecule is COC(=O)c1coc(S(=O)(=O)N2C[C@@H](C)[C@H](C(=O)O)C2)c1. The molecule has 9 heteroatoms. The quantitative estimate of drug-likeness (QED) is 0.800. The Balaban J connectivity index is 2.25. The van der Waals surface area contributed by atoms with Gasteiger partial charge in [0.05, 0.1) is 18.6 Å². The van der Waals surface area contributed by atoms with Crippen molar-refractivity contribution < 1.29 is 32.3 Å². The van der Waals surface area contributed by atoms with E-state index in [1.165, 1.54) is 7.11 Å². The van der Waals surface area contributed by atoms with E-state index in [0.717, 1.165) is 16.6 Å². The monoisotopic (exact) mass is 317 g/mol. The molecule has 2 rings (SSSR count). The van der Waals surface area contributed by atoms with Crippen molar-refractivity contribution in [3.8, 4) is 0 Å². The van der Waals surface area contributed by atoms with E-state index < -0.39 is 33.0 Å². The van der Waals surface area contributed by atoms with E-state index in [4.69, 9.17) is 9.52 Å². The predicted octanol–water partition coefficient (Wildman–Crippen LogP) is 0.407. The third-order valence-corrected chi connectivity index (χ3v) is 5.19. The number of sulfonamides is 1. The molecule has 2 atom stereocenters. The maximum atomic E-state index is 12.4. The molecule has 21 heavy (non-hydrogen) atoms. The molecule has 0 spiro atoms. The minimum atomic E-state index is -3.96. The zero-order valence-corrected chi connectivity index (χ0v) is 12.3. The number of ether oxygens (including phenoxy) is 1. The smallest absolute Gasteiger partial charge is 0.341 e. The Hall–Kier alpha value is -1.87. The minimum absolute atomic E-state index is 0.0156. The molecule has 1 aliphatic heterocycles. The molecule has 0 aliphatic carbocycles. The van der Waals surface area contributed by atoms with Gasteiger partial charge in [0, 0.05) is 19.2 Å². The van der Waals surface area contributed by atoms with E-state index in [0.29, 0.717) is 0 Å². The zero-order valence-electron chi connectivity index (χ0n) is 11.5. The number of methoxy groups -OCH3 is 1. The van der Waals surface area contributed by atoms with Gasteiger partial charge in [0.2, 0.25) is 5.09 Å². The highest BCUT2D eigenvalue weighted by Gasteiger charge is 2.42. The van der Waals surface area contributed by atoms with E-state index in [1.807, 2.05) is 0 Å². The third kappa shape index (κ3) is 2.79. The Kier molecular flexibility index (Phi) is 4.06. The number of carbonyl (C=O) groups excluding carboxylic acids is 1. The van der Waals surface area contributed by atoms with Gasteiger partial charge in [-0.05, 0) is 5.92 Å². The van der Waals surface area contributed by atoms with Gasteiger partial charge >= 0.3 is 11.9 Å². The van der Waals surface area contributed by atoms with E-state index in [2.05, 4.69) is 4.74 Å². The van der Waals surface area contributed by atoms with Crippen LogP contribution >= 0.6 is 0 Å². The van der Waals surface area contributed by atoms with Gasteiger partial charge in [0.25, 0.3) is 10.0 Å². The number of carbonyl (C=O) groups is 2. The minimum Gasteiger partial charge on any atom is -0.481 e. The summed E-state index contributed by atoms with van der Waals surface area (Å²) in [7, 11) is -2.79. The van der Waals surface area contributed by atoms with Crippen molar-refractivity contribution in [1.29, 1.82) is 0 Å². The topological polar surface area (TPSA) is 114 Å². The summed E-state index contributed by atoms with van der Waals surface area (Å²) in [6.07, 6.45) is 0.993. The summed E-state index contributed by atoms with van der Waals surface area (Å²) >= 11 is 0. The van der Waals surface area contributed by atoms with Crippen molar-refractivity contribution >= 4 is 22.0 Å². The average Bonchev–Trinajstić information content (AvgIpc) is 3.04. The Morgan fingerprint density at radius 1 is 1.43 bits per heavy atom. The summed E-state index contributed by atoms with van der Waals surface area (Å²) < 4.78 is 35.2. The number of carboxylic acids is 1. The van der Waals surface area contributed by atoms with Crippen molar-refractivity contribution in [1.82, 2.24) is 4.31 Å². The molecular formula is C12H15NO7S. The first-order valence-corrected chi connectivity index (χ1v) is 7.61. The average molecular weight is 317 g/mol. The van der Waals surface area contributed by atoms with Crippen LogP contribution in [0.4, 0.5) is 0 Å². The van der Waals surface area contributed by atoms with Crippen LogP contribution < -0.4 is 0 Å². The number of rotatable bonds is 4. The second-order valence-electron chi connectivity index (χ2n) is 4.89. The van der Waals surface area contributed by atoms with Gasteiger partial charge in [0.1, 0.15) is 6.26 Å². The van der Waals surface area contributed by atoms with Crippen LogP contribution in [-0.4, -0.2) is 50.0 Å². The third-order valence-electron chi connectivity index (χ3n) is 3.49. The van der Waals surface area contributed by atoms with Crippen LogP contribution in [0.1, 0.15) is 17.3 Å². The van der Waals surface area contributed by atoms with Crippen LogP contribution in [0.25, 0.3) is 0 Å². The maximum absolute atomic E-state index is 12.4. The van der Waals surface area contributed by atoms with Crippen molar-refractivity contribution in [2.75, 3.05) is 20.2 Å². The molecule has 1 fully saturated rings. The maximum Gasteiger partial charge on any atom is 0.341 e. The number of carboxylic acid groups (broad SMARTS) is 1. The summed E-state index contributed by atoms with van der Waals surface area (Å²) in [6, 6.07) is 1.07. The molecule has 1 saturated heterocycles. The van der Waals surface area contributed by atoms with E-state index in [1.54, 1.807) is 6.92 Å². The summed E-state index contributed by atoms with van der Waals surface area (Å²) in [6.45, 7) is 1.65.